The van der Waals surface area contributed by atoms with Crippen LogP contribution >= 0.6 is 0 Å². The van der Waals surface area contributed by atoms with Crippen molar-refractivity contribution in [2.24, 2.45) is 5.92 Å². The van der Waals surface area contributed by atoms with Crippen LogP contribution in [0.25, 0.3) is 0 Å². The van der Waals surface area contributed by atoms with Crippen molar-refractivity contribution in [1.82, 2.24) is 14.7 Å². The molecule has 5 nitrogen and oxygen atoms in total. The van der Waals surface area contributed by atoms with Crippen molar-refractivity contribution in [2.75, 3.05) is 32.7 Å². The van der Waals surface area contributed by atoms with E-state index in [-0.39, 0.29) is 11.8 Å². The van der Waals surface area contributed by atoms with Gasteiger partial charge >= 0.3 is 0 Å². The van der Waals surface area contributed by atoms with E-state index in [4.69, 9.17) is 0 Å². The zero-order valence-electron chi connectivity index (χ0n) is 18.9. The number of nitrogens with zero attached hydrogens (tertiary/aromatic N) is 3. The highest BCUT2D eigenvalue weighted by molar-refractivity contribution is 5.95. The minimum Gasteiger partial charge on any atom is -0.338 e. The Morgan fingerprint density at radius 1 is 0.839 bits per heavy atom. The molecular formula is C26H37N3O2. The summed E-state index contributed by atoms with van der Waals surface area (Å²) in [5, 5.41) is 0. The summed E-state index contributed by atoms with van der Waals surface area (Å²) in [4.78, 5) is 33.0. The monoisotopic (exact) mass is 423 g/mol. The largest absolute Gasteiger partial charge is 0.338 e. The lowest BCUT2D eigenvalue weighted by Gasteiger charge is -2.33. The number of amides is 2. The van der Waals surface area contributed by atoms with Crippen molar-refractivity contribution in [2.45, 2.75) is 76.8 Å². The molecule has 1 atom stereocenters. The highest BCUT2D eigenvalue weighted by Gasteiger charge is 2.32. The first-order valence-corrected chi connectivity index (χ1v) is 12.6. The van der Waals surface area contributed by atoms with Gasteiger partial charge in [0, 0.05) is 43.7 Å². The molecule has 5 heteroatoms. The number of fused-ring (bicyclic) bond motifs is 1. The molecule has 1 unspecified atom stereocenters. The topological polar surface area (TPSA) is 43.9 Å². The van der Waals surface area contributed by atoms with E-state index in [9.17, 15) is 9.59 Å². The maximum atomic E-state index is 13.3. The molecule has 3 heterocycles. The van der Waals surface area contributed by atoms with Crippen LogP contribution in [0.3, 0.4) is 0 Å². The molecule has 0 N–H and O–H groups in total. The van der Waals surface area contributed by atoms with Crippen LogP contribution in [0.1, 0.15) is 79.3 Å². The molecule has 2 saturated heterocycles. The fraction of sp³-hybridized carbons (Fsp3) is 0.692. The number of hydrogen-bond acceptors (Lipinski definition) is 3. The lowest BCUT2D eigenvalue weighted by Crippen LogP contribution is -2.43. The van der Waals surface area contributed by atoms with Gasteiger partial charge in [-0.1, -0.05) is 25.3 Å². The highest BCUT2D eigenvalue weighted by Crippen LogP contribution is 2.29. The summed E-state index contributed by atoms with van der Waals surface area (Å²) < 4.78 is 0. The number of carbonyl (C=O) groups is 2. The predicted octanol–water partition coefficient (Wildman–Crippen LogP) is 3.85. The summed E-state index contributed by atoms with van der Waals surface area (Å²) in [6.45, 7) is 5.80. The van der Waals surface area contributed by atoms with Crippen molar-refractivity contribution < 1.29 is 9.59 Å². The minimum atomic E-state index is 0.199. The quantitative estimate of drug-likeness (QED) is 0.739. The SMILES string of the molecule is O=C(C1CCCCC1)N1CCc2cc(C(=O)N3CCCC3CN3CCCC3)ccc2C1. The number of carbonyl (C=O) groups excluding carboxylic acids is 2. The van der Waals surface area contributed by atoms with Gasteiger partial charge in [-0.25, -0.2) is 0 Å². The van der Waals surface area contributed by atoms with Gasteiger partial charge in [0.2, 0.25) is 5.91 Å². The lowest BCUT2D eigenvalue weighted by molar-refractivity contribution is -0.137. The smallest absolute Gasteiger partial charge is 0.254 e. The Morgan fingerprint density at radius 2 is 1.65 bits per heavy atom. The Hall–Kier alpha value is -1.88. The number of likely N-dealkylation sites (tertiary alicyclic amines) is 2. The average Bonchev–Trinajstić information content (AvgIpc) is 3.50. The van der Waals surface area contributed by atoms with Gasteiger partial charge in [-0.3, -0.25) is 9.59 Å². The maximum Gasteiger partial charge on any atom is 0.254 e. The zero-order valence-corrected chi connectivity index (χ0v) is 18.9. The second kappa shape index (κ2) is 9.32. The zero-order chi connectivity index (χ0) is 21.2. The molecular weight excluding hydrogens is 386 g/mol. The molecule has 0 aromatic heterocycles. The molecule has 0 bridgehead atoms. The fourth-order valence-corrected chi connectivity index (χ4v) is 6.20. The molecule has 3 fully saturated rings. The molecule has 0 spiro atoms. The third kappa shape index (κ3) is 4.52. The molecule has 1 aromatic carbocycles. The molecule has 168 valence electrons. The van der Waals surface area contributed by atoms with E-state index in [1.54, 1.807) is 0 Å². The summed E-state index contributed by atoms with van der Waals surface area (Å²) in [5.74, 6) is 0.788. The number of rotatable bonds is 4. The van der Waals surface area contributed by atoms with Gasteiger partial charge in [-0.2, -0.15) is 0 Å². The van der Waals surface area contributed by atoms with E-state index in [1.807, 2.05) is 6.07 Å². The Morgan fingerprint density at radius 3 is 2.45 bits per heavy atom. The number of benzene rings is 1. The van der Waals surface area contributed by atoms with E-state index in [0.29, 0.717) is 18.5 Å². The van der Waals surface area contributed by atoms with E-state index in [2.05, 4.69) is 26.8 Å². The Labute approximate surface area is 186 Å². The van der Waals surface area contributed by atoms with Crippen LogP contribution in [0.2, 0.25) is 0 Å². The van der Waals surface area contributed by atoms with Crippen LogP contribution in [0, 0.1) is 5.92 Å². The van der Waals surface area contributed by atoms with Crippen molar-refractivity contribution in [1.29, 1.82) is 0 Å². The first-order valence-electron chi connectivity index (χ1n) is 12.6. The van der Waals surface area contributed by atoms with Gasteiger partial charge in [0.15, 0.2) is 0 Å². The van der Waals surface area contributed by atoms with Crippen LogP contribution < -0.4 is 0 Å². The van der Waals surface area contributed by atoms with Crippen LogP contribution in [-0.4, -0.2) is 65.3 Å². The first kappa shape index (κ1) is 21.0. The number of hydrogen-bond donors (Lipinski definition) is 0. The summed E-state index contributed by atoms with van der Waals surface area (Å²) in [5.41, 5.74) is 3.31. The normalized spacial score (nSPS) is 25.1. The Bertz CT molecular complexity index is 811. The maximum absolute atomic E-state index is 13.3. The fourth-order valence-electron chi connectivity index (χ4n) is 6.20. The molecule has 1 aromatic rings. The molecule has 4 aliphatic rings. The molecule has 0 radical (unpaired) electrons. The summed E-state index contributed by atoms with van der Waals surface area (Å²) in [6.07, 6.45) is 11.5. The summed E-state index contributed by atoms with van der Waals surface area (Å²) in [7, 11) is 0. The minimum absolute atomic E-state index is 0.199. The van der Waals surface area contributed by atoms with Crippen LogP contribution in [-0.2, 0) is 17.8 Å². The molecule has 31 heavy (non-hydrogen) atoms. The summed E-state index contributed by atoms with van der Waals surface area (Å²) >= 11 is 0. The molecule has 1 aliphatic carbocycles. The standard InChI is InChI=1S/C26H37N3O2/c30-25(20-7-2-1-3-8-20)28-16-12-21-17-22(10-11-23(21)18-28)26(31)29-15-6-9-24(29)19-27-13-4-5-14-27/h10-11,17,20,24H,1-9,12-16,18-19H2. The third-order valence-electron chi connectivity index (χ3n) is 8.04. The Kier molecular flexibility index (Phi) is 6.31. The van der Waals surface area contributed by atoms with Crippen molar-refractivity contribution in [3.8, 4) is 0 Å². The van der Waals surface area contributed by atoms with Crippen LogP contribution in [0.15, 0.2) is 18.2 Å². The van der Waals surface area contributed by atoms with Gasteiger partial charge in [0.25, 0.3) is 5.91 Å². The van der Waals surface area contributed by atoms with Gasteiger partial charge in [-0.15, -0.1) is 0 Å². The van der Waals surface area contributed by atoms with Gasteiger partial charge in [-0.05, 0) is 81.3 Å². The first-order chi connectivity index (χ1) is 15.2. The van der Waals surface area contributed by atoms with Gasteiger partial charge < -0.3 is 14.7 Å². The van der Waals surface area contributed by atoms with Crippen molar-refractivity contribution in [3.63, 3.8) is 0 Å². The second-order valence-corrected chi connectivity index (χ2v) is 10.1. The Balaban J connectivity index is 1.24. The van der Waals surface area contributed by atoms with Crippen molar-refractivity contribution >= 4 is 11.8 Å². The summed E-state index contributed by atoms with van der Waals surface area (Å²) in [6, 6.07) is 6.59. The van der Waals surface area contributed by atoms with Crippen molar-refractivity contribution in [3.05, 3.63) is 34.9 Å². The predicted molar refractivity (Wildman–Crippen MR) is 122 cm³/mol. The van der Waals surface area contributed by atoms with E-state index >= 15 is 0 Å². The highest BCUT2D eigenvalue weighted by atomic mass is 16.2. The van der Waals surface area contributed by atoms with Crippen LogP contribution in [0.4, 0.5) is 0 Å². The van der Waals surface area contributed by atoms with Gasteiger partial charge in [0.05, 0.1) is 0 Å². The van der Waals surface area contributed by atoms with E-state index in [0.717, 1.165) is 57.3 Å². The van der Waals surface area contributed by atoms with E-state index in [1.165, 1.54) is 56.3 Å². The third-order valence-corrected chi connectivity index (χ3v) is 8.04. The molecule has 3 aliphatic heterocycles. The molecule has 2 amide bonds. The molecule has 5 rings (SSSR count). The second-order valence-electron chi connectivity index (χ2n) is 10.1. The molecule has 1 saturated carbocycles. The lowest BCUT2D eigenvalue weighted by atomic mass is 9.87. The van der Waals surface area contributed by atoms with Crippen LogP contribution in [0.5, 0.6) is 0 Å². The van der Waals surface area contributed by atoms with E-state index < -0.39 is 0 Å². The van der Waals surface area contributed by atoms with Gasteiger partial charge in [0.1, 0.15) is 0 Å². The average molecular weight is 424 g/mol.